The summed E-state index contributed by atoms with van der Waals surface area (Å²) in [6.07, 6.45) is 3.36. The second-order valence-electron chi connectivity index (χ2n) is 4.57. The van der Waals surface area contributed by atoms with E-state index in [4.69, 9.17) is 11.6 Å². The first-order valence-electron chi connectivity index (χ1n) is 7.05. The number of carboxylic acids is 1. The van der Waals surface area contributed by atoms with Gasteiger partial charge in [0.2, 0.25) is 0 Å². The smallest absolute Gasteiger partial charge is 0.185 e. The van der Waals surface area contributed by atoms with Crippen molar-refractivity contribution < 1.29 is 9.90 Å². The van der Waals surface area contributed by atoms with Crippen molar-refractivity contribution in [2.45, 2.75) is 13.8 Å². The van der Waals surface area contributed by atoms with E-state index in [-0.39, 0.29) is 5.56 Å². The van der Waals surface area contributed by atoms with Crippen LogP contribution >= 0.6 is 22.9 Å². The second kappa shape index (κ2) is 7.94. The van der Waals surface area contributed by atoms with Crippen molar-refractivity contribution in [3.63, 3.8) is 0 Å². The summed E-state index contributed by atoms with van der Waals surface area (Å²) in [6, 6.07) is 4.24. The van der Waals surface area contributed by atoms with Crippen LogP contribution in [-0.4, -0.2) is 30.3 Å². The van der Waals surface area contributed by atoms with Gasteiger partial charge in [0.05, 0.1) is 27.8 Å². The Balaban J connectivity index is 2.07. The van der Waals surface area contributed by atoms with Gasteiger partial charge < -0.3 is 14.8 Å². The molecule has 0 atom stereocenters. The largest absolute Gasteiger partial charge is 0.545 e. The highest BCUT2D eigenvalue weighted by Gasteiger charge is 2.06. The Bertz CT molecular complexity index is 713. The van der Waals surface area contributed by atoms with E-state index in [9.17, 15) is 9.90 Å². The summed E-state index contributed by atoms with van der Waals surface area (Å²) in [6.45, 7) is 5.94. The summed E-state index contributed by atoms with van der Waals surface area (Å²) >= 11 is 7.53. The van der Waals surface area contributed by atoms with Crippen LogP contribution in [0.2, 0.25) is 5.02 Å². The molecule has 122 valence electrons. The molecule has 1 aromatic carbocycles. The Labute approximate surface area is 143 Å². The minimum absolute atomic E-state index is 0.0358. The number of thiazole rings is 1. The number of hydrazone groups is 1. The van der Waals surface area contributed by atoms with Gasteiger partial charge in [0.1, 0.15) is 0 Å². The lowest BCUT2D eigenvalue weighted by Crippen LogP contribution is -2.22. The predicted molar refractivity (Wildman–Crippen MR) is 92.7 cm³/mol. The van der Waals surface area contributed by atoms with E-state index >= 15 is 0 Å². The molecule has 0 aliphatic rings. The molecule has 0 radical (unpaired) electrons. The van der Waals surface area contributed by atoms with E-state index in [2.05, 4.69) is 34.3 Å². The fourth-order valence-corrected chi connectivity index (χ4v) is 2.95. The Kier molecular flexibility index (Phi) is 5.95. The van der Waals surface area contributed by atoms with Gasteiger partial charge in [0.25, 0.3) is 0 Å². The average molecular weight is 352 g/mol. The molecule has 1 heterocycles. The quantitative estimate of drug-likeness (QED) is 0.612. The molecule has 0 spiro atoms. The van der Waals surface area contributed by atoms with Gasteiger partial charge >= 0.3 is 0 Å². The number of aromatic nitrogens is 1. The fourth-order valence-electron chi connectivity index (χ4n) is 1.88. The summed E-state index contributed by atoms with van der Waals surface area (Å²) in [5.41, 5.74) is 3.17. The van der Waals surface area contributed by atoms with Crippen LogP contribution in [0.5, 0.6) is 0 Å². The number of nitrogens with one attached hydrogen (secondary N) is 1. The monoisotopic (exact) mass is 351 g/mol. The molecular weight excluding hydrogens is 336 g/mol. The molecule has 0 unspecified atom stereocenters. The minimum Gasteiger partial charge on any atom is -0.545 e. The molecule has 0 aliphatic carbocycles. The predicted octanol–water partition coefficient (Wildman–Crippen LogP) is 2.45. The SMILES string of the molecule is CCN(CC)c1ncc(/C=N\Nc2cc(C(=O)[O-])ccc2Cl)s1. The Morgan fingerprint density at radius 2 is 2.22 bits per heavy atom. The third-order valence-corrected chi connectivity index (χ3v) is 4.45. The third kappa shape index (κ3) is 4.43. The molecule has 8 heteroatoms. The molecule has 0 amide bonds. The van der Waals surface area contributed by atoms with Crippen molar-refractivity contribution in [2.24, 2.45) is 5.10 Å². The van der Waals surface area contributed by atoms with Crippen molar-refractivity contribution in [1.82, 2.24) is 4.98 Å². The molecule has 1 aromatic heterocycles. The maximum atomic E-state index is 10.9. The summed E-state index contributed by atoms with van der Waals surface area (Å²) in [4.78, 5) is 18.2. The Morgan fingerprint density at radius 3 is 2.87 bits per heavy atom. The van der Waals surface area contributed by atoms with Crippen molar-refractivity contribution in [3.8, 4) is 0 Å². The molecular formula is C15H16ClN4O2S-. The molecule has 6 nitrogen and oxygen atoms in total. The van der Waals surface area contributed by atoms with Crippen molar-refractivity contribution >= 4 is 45.9 Å². The summed E-state index contributed by atoms with van der Waals surface area (Å²) < 4.78 is 0. The van der Waals surface area contributed by atoms with Crippen molar-refractivity contribution in [1.29, 1.82) is 0 Å². The molecule has 2 aromatic rings. The highest BCUT2D eigenvalue weighted by molar-refractivity contribution is 7.17. The number of carbonyl (C=O) groups is 1. The van der Waals surface area contributed by atoms with Gasteiger partial charge in [-0.3, -0.25) is 5.43 Å². The summed E-state index contributed by atoms with van der Waals surface area (Å²) in [5.74, 6) is -1.26. The van der Waals surface area contributed by atoms with Crippen LogP contribution < -0.4 is 15.4 Å². The number of carboxylic acid groups (broad SMARTS) is 1. The van der Waals surface area contributed by atoms with Crippen LogP contribution in [0.25, 0.3) is 0 Å². The lowest BCUT2D eigenvalue weighted by atomic mass is 10.2. The first-order chi connectivity index (χ1) is 11.0. The number of anilines is 2. The standard InChI is InChI=1S/C15H17ClN4O2S/c1-3-20(4-2)15-17-8-11(23-15)9-18-19-13-7-10(14(21)22)5-6-12(13)16/h5-9,19H,3-4H2,1-2H3,(H,21,22)/p-1/b18-9-. The maximum absolute atomic E-state index is 10.9. The number of hydrogen-bond acceptors (Lipinski definition) is 7. The van der Waals surface area contributed by atoms with Crippen LogP contribution in [0.15, 0.2) is 29.5 Å². The molecule has 0 saturated carbocycles. The highest BCUT2D eigenvalue weighted by Crippen LogP contribution is 2.23. The van der Waals surface area contributed by atoms with Gasteiger partial charge in [-0.05, 0) is 31.5 Å². The zero-order valence-corrected chi connectivity index (χ0v) is 14.3. The lowest BCUT2D eigenvalue weighted by molar-refractivity contribution is -0.255. The Hall–Kier alpha value is -2.12. The zero-order valence-electron chi connectivity index (χ0n) is 12.7. The van der Waals surface area contributed by atoms with E-state index in [1.165, 1.54) is 29.5 Å². The van der Waals surface area contributed by atoms with Crippen LogP contribution in [0, 0.1) is 0 Å². The third-order valence-electron chi connectivity index (χ3n) is 3.12. The first kappa shape index (κ1) is 17.2. The van der Waals surface area contributed by atoms with Crippen LogP contribution in [0.4, 0.5) is 10.8 Å². The summed E-state index contributed by atoms with van der Waals surface area (Å²) in [5, 5.41) is 16.2. The lowest BCUT2D eigenvalue weighted by Gasteiger charge is -2.16. The average Bonchev–Trinajstić information content (AvgIpc) is 2.99. The van der Waals surface area contributed by atoms with Gasteiger partial charge in [0, 0.05) is 19.3 Å². The van der Waals surface area contributed by atoms with Crippen LogP contribution in [0.1, 0.15) is 29.1 Å². The number of hydrogen-bond donors (Lipinski definition) is 1. The fraction of sp³-hybridized carbons (Fsp3) is 0.267. The van der Waals surface area contributed by atoms with Gasteiger partial charge in [-0.25, -0.2) is 4.98 Å². The molecule has 0 aliphatic heterocycles. The minimum atomic E-state index is -1.26. The van der Waals surface area contributed by atoms with E-state index in [0.717, 1.165) is 23.1 Å². The molecule has 0 saturated heterocycles. The van der Waals surface area contributed by atoms with Gasteiger partial charge in [-0.15, -0.1) is 0 Å². The highest BCUT2D eigenvalue weighted by atomic mass is 35.5. The van der Waals surface area contributed by atoms with Crippen molar-refractivity contribution in [3.05, 3.63) is 39.9 Å². The molecule has 0 fully saturated rings. The van der Waals surface area contributed by atoms with Crippen LogP contribution in [-0.2, 0) is 0 Å². The normalized spacial score (nSPS) is 10.9. The number of nitrogens with zero attached hydrogens (tertiary/aromatic N) is 3. The molecule has 23 heavy (non-hydrogen) atoms. The number of benzene rings is 1. The van der Waals surface area contributed by atoms with E-state index in [1.807, 2.05) is 0 Å². The van der Waals surface area contributed by atoms with E-state index in [1.54, 1.807) is 12.4 Å². The zero-order chi connectivity index (χ0) is 16.8. The second-order valence-corrected chi connectivity index (χ2v) is 6.02. The molecule has 1 N–H and O–H groups in total. The van der Waals surface area contributed by atoms with E-state index in [0.29, 0.717) is 10.7 Å². The van der Waals surface area contributed by atoms with Gasteiger partial charge in [0.15, 0.2) is 5.13 Å². The maximum Gasteiger partial charge on any atom is 0.185 e. The Morgan fingerprint density at radius 1 is 1.48 bits per heavy atom. The number of rotatable bonds is 7. The van der Waals surface area contributed by atoms with Gasteiger partial charge in [-0.2, -0.15) is 5.10 Å². The van der Waals surface area contributed by atoms with E-state index < -0.39 is 5.97 Å². The number of aromatic carboxylic acids is 1. The molecule has 0 bridgehead atoms. The van der Waals surface area contributed by atoms with Crippen molar-refractivity contribution in [2.75, 3.05) is 23.4 Å². The number of carbonyl (C=O) groups excluding carboxylic acids is 1. The summed E-state index contributed by atoms with van der Waals surface area (Å²) in [7, 11) is 0. The molecule has 2 rings (SSSR count). The van der Waals surface area contributed by atoms with Gasteiger partial charge in [-0.1, -0.05) is 29.0 Å². The van der Waals surface area contributed by atoms with Crippen LogP contribution in [0.3, 0.4) is 0 Å². The number of halogens is 1. The first-order valence-corrected chi connectivity index (χ1v) is 8.25. The topological polar surface area (TPSA) is 80.7 Å².